The molecular weight excluding hydrogens is 228 g/mol. The smallest absolute Gasteiger partial charge is 0.410 e. The van der Waals surface area contributed by atoms with Crippen LogP contribution >= 0.6 is 0 Å². The van der Waals surface area contributed by atoms with Gasteiger partial charge in [-0.15, -0.1) is 12.3 Å². The van der Waals surface area contributed by atoms with Gasteiger partial charge in [0.25, 0.3) is 0 Å². The number of likely N-dealkylation sites (tertiary alicyclic amines) is 1. The third-order valence-corrected chi connectivity index (χ3v) is 3.80. The highest BCUT2D eigenvalue weighted by molar-refractivity contribution is 5.68. The number of hydrogen-bond acceptors (Lipinski definition) is 3. The lowest BCUT2D eigenvalue weighted by Crippen LogP contribution is -2.63. The van der Waals surface area contributed by atoms with Crippen LogP contribution in [-0.2, 0) is 4.74 Å². The molecule has 0 bridgehead atoms. The Hall–Kier alpha value is -1.21. The monoisotopic (exact) mass is 250 g/mol. The highest BCUT2D eigenvalue weighted by atomic mass is 16.6. The number of carbonyl (C=O) groups excluding carboxylic acids is 1. The maximum absolute atomic E-state index is 12.0. The van der Waals surface area contributed by atoms with E-state index in [-0.39, 0.29) is 11.5 Å². The second kappa shape index (κ2) is 4.47. The molecule has 2 rings (SSSR count). The second-order valence-corrected chi connectivity index (χ2v) is 6.36. The summed E-state index contributed by atoms with van der Waals surface area (Å²) in [7, 11) is 0. The first-order valence-corrected chi connectivity index (χ1v) is 6.51. The molecule has 0 aromatic rings. The van der Waals surface area contributed by atoms with Crippen LogP contribution in [0.15, 0.2) is 0 Å². The summed E-state index contributed by atoms with van der Waals surface area (Å²) in [6, 6.07) is 0.356. The lowest BCUT2D eigenvalue weighted by molar-refractivity contribution is 0.0221. The molecule has 1 N–H and O–H groups in total. The van der Waals surface area contributed by atoms with Crippen LogP contribution in [0.25, 0.3) is 0 Å². The Morgan fingerprint density at radius 2 is 2.33 bits per heavy atom. The fourth-order valence-electron chi connectivity index (χ4n) is 2.75. The summed E-state index contributed by atoms with van der Waals surface area (Å²) >= 11 is 0. The molecule has 100 valence electrons. The van der Waals surface area contributed by atoms with Crippen LogP contribution < -0.4 is 5.32 Å². The average Bonchev–Trinajstić information content (AvgIpc) is 2.69. The van der Waals surface area contributed by atoms with E-state index in [9.17, 15) is 4.79 Å². The van der Waals surface area contributed by atoms with Crippen LogP contribution in [0.5, 0.6) is 0 Å². The fourth-order valence-corrected chi connectivity index (χ4v) is 2.75. The van der Waals surface area contributed by atoms with Crippen molar-refractivity contribution in [2.45, 2.75) is 45.3 Å². The molecule has 2 unspecified atom stereocenters. The molecule has 4 heteroatoms. The zero-order valence-corrected chi connectivity index (χ0v) is 11.5. The zero-order chi connectivity index (χ0) is 13.4. The number of hydrogen-bond donors (Lipinski definition) is 1. The third kappa shape index (κ3) is 2.46. The molecule has 0 aliphatic carbocycles. The van der Waals surface area contributed by atoms with Gasteiger partial charge in [-0.25, -0.2) is 4.79 Å². The minimum atomic E-state index is -0.428. The molecule has 2 heterocycles. The molecule has 0 aromatic heterocycles. The molecule has 2 aliphatic rings. The van der Waals surface area contributed by atoms with E-state index in [1.807, 2.05) is 25.7 Å². The number of ether oxygens (including phenoxy) is 1. The Morgan fingerprint density at radius 1 is 1.61 bits per heavy atom. The van der Waals surface area contributed by atoms with Gasteiger partial charge in [-0.05, 0) is 27.2 Å². The number of amides is 1. The van der Waals surface area contributed by atoms with Gasteiger partial charge in [0.1, 0.15) is 5.60 Å². The Kier molecular flexibility index (Phi) is 3.29. The summed E-state index contributed by atoms with van der Waals surface area (Å²) < 4.78 is 5.41. The maximum Gasteiger partial charge on any atom is 0.410 e. The van der Waals surface area contributed by atoms with Gasteiger partial charge in [0.15, 0.2) is 0 Å². The van der Waals surface area contributed by atoms with E-state index < -0.39 is 5.60 Å². The van der Waals surface area contributed by atoms with Crippen molar-refractivity contribution in [1.82, 2.24) is 10.2 Å². The van der Waals surface area contributed by atoms with Crippen LogP contribution in [0.1, 0.15) is 33.6 Å². The molecular formula is C14H22N2O2. The van der Waals surface area contributed by atoms with Crippen molar-refractivity contribution in [3.8, 4) is 12.3 Å². The maximum atomic E-state index is 12.0. The number of rotatable bonds is 1. The van der Waals surface area contributed by atoms with E-state index in [4.69, 9.17) is 11.2 Å². The van der Waals surface area contributed by atoms with Crippen molar-refractivity contribution in [1.29, 1.82) is 0 Å². The Labute approximate surface area is 109 Å². The molecule has 0 aromatic carbocycles. The summed E-state index contributed by atoms with van der Waals surface area (Å²) in [5.41, 5.74) is -0.244. The minimum Gasteiger partial charge on any atom is -0.444 e. The summed E-state index contributed by atoms with van der Waals surface area (Å²) in [4.78, 5) is 13.8. The topological polar surface area (TPSA) is 41.6 Å². The second-order valence-electron chi connectivity index (χ2n) is 6.36. The summed E-state index contributed by atoms with van der Waals surface area (Å²) in [6.45, 7) is 8.17. The van der Waals surface area contributed by atoms with Gasteiger partial charge < -0.3 is 15.0 Å². The molecule has 2 aliphatic heterocycles. The first-order chi connectivity index (χ1) is 8.36. The Balaban J connectivity index is 1.93. The third-order valence-electron chi connectivity index (χ3n) is 3.80. The van der Waals surface area contributed by atoms with E-state index in [2.05, 4.69) is 11.2 Å². The minimum absolute atomic E-state index is 0.184. The molecule has 1 amide bonds. The van der Waals surface area contributed by atoms with Gasteiger partial charge in [-0.1, -0.05) is 0 Å². The Morgan fingerprint density at radius 3 is 2.83 bits per heavy atom. The van der Waals surface area contributed by atoms with Crippen molar-refractivity contribution in [2.75, 3.05) is 19.6 Å². The molecule has 18 heavy (non-hydrogen) atoms. The van der Waals surface area contributed by atoms with E-state index in [0.29, 0.717) is 6.04 Å². The van der Waals surface area contributed by atoms with Crippen molar-refractivity contribution < 1.29 is 9.53 Å². The highest BCUT2D eigenvalue weighted by Crippen LogP contribution is 2.40. The average molecular weight is 250 g/mol. The van der Waals surface area contributed by atoms with E-state index >= 15 is 0 Å². The molecule has 1 spiro atoms. The van der Waals surface area contributed by atoms with Gasteiger partial charge in [0.2, 0.25) is 0 Å². The van der Waals surface area contributed by atoms with Crippen molar-refractivity contribution in [3.05, 3.63) is 0 Å². The van der Waals surface area contributed by atoms with Gasteiger partial charge in [0, 0.05) is 37.5 Å². The molecule has 4 nitrogen and oxygen atoms in total. The lowest BCUT2D eigenvalue weighted by atomic mass is 9.71. The van der Waals surface area contributed by atoms with E-state index in [1.165, 1.54) is 0 Å². The van der Waals surface area contributed by atoms with Crippen LogP contribution in [0.2, 0.25) is 0 Å². The summed E-state index contributed by atoms with van der Waals surface area (Å²) in [5.74, 6) is 2.71. The fraction of sp³-hybridized carbons (Fsp3) is 0.786. The van der Waals surface area contributed by atoms with Crippen molar-refractivity contribution in [2.24, 2.45) is 5.41 Å². The summed E-state index contributed by atoms with van der Waals surface area (Å²) in [6.07, 6.45) is 6.93. The van der Waals surface area contributed by atoms with Crippen LogP contribution in [0.4, 0.5) is 4.79 Å². The lowest BCUT2D eigenvalue weighted by Gasteiger charge is -2.47. The standard InChI is InChI=1S/C14H22N2O2/c1-5-6-11-14(9-15-11)7-8-16(10-14)12(17)18-13(2,3)4/h1,11,15H,6-10H2,2-4H3. The summed E-state index contributed by atoms with van der Waals surface area (Å²) in [5, 5.41) is 3.37. The molecule has 0 saturated carbocycles. The molecule has 2 fully saturated rings. The largest absolute Gasteiger partial charge is 0.444 e. The quantitative estimate of drug-likeness (QED) is 0.719. The first-order valence-electron chi connectivity index (χ1n) is 6.51. The van der Waals surface area contributed by atoms with Crippen LogP contribution in [0.3, 0.4) is 0 Å². The highest BCUT2D eigenvalue weighted by Gasteiger charge is 2.51. The predicted molar refractivity (Wildman–Crippen MR) is 70.1 cm³/mol. The molecule has 0 radical (unpaired) electrons. The van der Waals surface area contributed by atoms with E-state index in [0.717, 1.165) is 32.5 Å². The zero-order valence-electron chi connectivity index (χ0n) is 11.5. The van der Waals surface area contributed by atoms with Crippen LogP contribution in [-0.4, -0.2) is 42.3 Å². The van der Waals surface area contributed by atoms with Gasteiger partial charge >= 0.3 is 6.09 Å². The van der Waals surface area contributed by atoms with Crippen molar-refractivity contribution >= 4 is 6.09 Å². The van der Waals surface area contributed by atoms with Crippen LogP contribution in [0, 0.1) is 17.8 Å². The van der Waals surface area contributed by atoms with Gasteiger partial charge in [-0.2, -0.15) is 0 Å². The van der Waals surface area contributed by atoms with E-state index in [1.54, 1.807) is 0 Å². The SMILES string of the molecule is C#CCC1NCC12CCN(C(=O)OC(C)(C)C)C2. The molecule has 2 atom stereocenters. The molecule has 2 saturated heterocycles. The Bertz CT molecular complexity index is 380. The number of carbonyl (C=O) groups is 1. The normalized spacial score (nSPS) is 31.0. The number of nitrogens with zero attached hydrogens (tertiary/aromatic N) is 1. The predicted octanol–water partition coefficient (Wildman–Crippen LogP) is 1.61. The number of nitrogens with one attached hydrogen (secondary N) is 1. The first kappa shape index (κ1) is 13.2. The number of terminal acetylenes is 1. The van der Waals surface area contributed by atoms with Gasteiger partial charge in [-0.3, -0.25) is 0 Å². The van der Waals surface area contributed by atoms with Gasteiger partial charge in [0.05, 0.1) is 0 Å². The van der Waals surface area contributed by atoms with Crippen molar-refractivity contribution in [3.63, 3.8) is 0 Å².